The average molecular weight is 486 g/mol. The van der Waals surface area contributed by atoms with Gasteiger partial charge in [0.25, 0.3) is 0 Å². The lowest BCUT2D eigenvalue weighted by atomic mass is 9.93. The summed E-state index contributed by atoms with van der Waals surface area (Å²) in [6.45, 7) is -0.0124. The Bertz CT molecular complexity index is 607. The lowest BCUT2D eigenvalue weighted by Gasteiger charge is -2.47. The molecule has 14 atom stereocenters. The Kier molecular flexibility index (Phi) is 9.38. The molecule has 3 aliphatic heterocycles. The standard InChI is InChI=1S/C19H34O14/c1-6-2-7(3-20)29-18(10(6)23)32-16-9(5-22)31-19(14(27)12(16)25)33-15-8(4-21)30-17(28)13(26)11(15)24/h6-28H,2-5H2,1H3/t6-,7-,8+,9+,10?,11+,12+,13?,14?,15?,16?,17-,18+,19+/m0/s1. The van der Waals surface area contributed by atoms with E-state index >= 15 is 0 Å². The lowest BCUT2D eigenvalue weighted by Crippen LogP contribution is -2.65. The van der Waals surface area contributed by atoms with Crippen molar-refractivity contribution in [1.82, 2.24) is 0 Å². The molecular weight excluding hydrogens is 452 g/mol. The van der Waals surface area contributed by atoms with E-state index in [9.17, 15) is 46.0 Å². The predicted octanol–water partition coefficient (Wildman–Crippen LogP) is -5.27. The SMILES string of the molecule is C[C@H]1C[C@@H](CO)O[C@H](OC2[C@H](O)C(O)[C@@H](OC3[C@H](O)C(O)[C@@H](O)O[C@@H]3CO)O[C@@H]2CO)C1O. The van der Waals surface area contributed by atoms with Gasteiger partial charge in [-0.25, -0.2) is 0 Å². The summed E-state index contributed by atoms with van der Waals surface area (Å²) in [7, 11) is 0. The monoisotopic (exact) mass is 486 g/mol. The quantitative estimate of drug-likeness (QED) is 0.164. The number of hydrogen-bond acceptors (Lipinski definition) is 14. The van der Waals surface area contributed by atoms with Gasteiger partial charge in [-0.05, 0) is 12.3 Å². The van der Waals surface area contributed by atoms with Gasteiger partial charge >= 0.3 is 0 Å². The fraction of sp³-hybridized carbons (Fsp3) is 1.00. The molecule has 0 saturated carbocycles. The molecule has 0 aliphatic carbocycles. The van der Waals surface area contributed by atoms with Gasteiger partial charge in [-0.1, -0.05) is 6.92 Å². The molecule has 14 heteroatoms. The third kappa shape index (κ3) is 5.65. The first-order valence-electron chi connectivity index (χ1n) is 10.8. The van der Waals surface area contributed by atoms with Crippen molar-refractivity contribution in [2.75, 3.05) is 19.8 Å². The van der Waals surface area contributed by atoms with Crippen LogP contribution in [0.1, 0.15) is 13.3 Å². The van der Waals surface area contributed by atoms with Crippen molar-refractivity contribution in [3.8, 4) is 0 Å². The van der Waals surface area contributed by atoms with E-state index in [2.05, 4.69) is 0 Å². The van der Waals surface area contributed by atoms with Crippen molar-refractivity contribution >= 4 is 0 Å². The second kappa shape index (κ2) is 11.5. The third-order valence-corrected chi connectivity index (χ3v) is 6.27. The van der Waals surface area contributed by atoms with Crippen molar-refractivity contribution in [3.63, 3.8) is 0 Å². The summed E-state index contributed by atoms with van der Waals surface area (Å²) < 4.78 is 27.1. The van der Waals surface area contributed by atoms with Crippen molar-refractivity contribution in [2.24, 2.45) is 5.92 Å². The zero-order valence-electron chi connectivity index (χ0n) is 18.0. The van der Waals surface area contributed by atoms with Crippen LogP contribution in [-0.4, -0.2) is 146 Å². The summed E-state index contributed by atoms with van der Waals surface area (Å²) in [6.07, 6.45) is -18.5. The Balaban J connectivity index is 1.71. The Hall–Kier alpha value is -0.560. The second-order valence-corrected chi connectivity index (χ2v) is 8.65. The van der Waals surface area contributed by atoms with Crippen molar-refractivity contribution in [1.29, 1.82) is 0 Å². The molecule has 3 rings (SSSR count). The molecule has 5 unspecified atom stereocenters. The van der Waals surface area contributed by atoms with Gasteiger partial charge in [-0.15, -0.1) is 0 Å². The second-order valence-electron chi connectivity index (χ2n) is 8.65. The van der Waals surface area contributed by atoms with E-state index in [1.165, 1.54) is 0 Å². The molecule has 0 spiro atoms. The molecule has 3 saturated heterocycles. The van der Waals surface area contributed by atoms with Crippen LogP contribution < -0.4 is 0 Å². The highest BCUT2D eigenvalue weighted by molar-refractivity contribution is 4.95. The van der Waals surface area contributed by atoms with Crippen LogP contribution in [0.2, 0.25) is 0 Å². The van der Waals surface area contributed by atoms with Crippen LogP contribution in [0.4, 0.5) is 0 Å². The van der Waals surface area contributed by atoms with Gasteiger partial charge in [0.2, 0.25) is 0 Å². The van der Waals surface area contributed by atoms with E-state index in [1.807, 2.05) is 0 Å². The van der Waals surface area contributed by atoms with Gasteiger partial charge in [0.1, 0.15) is 54.9 Å². The molecule has 3 fully saturated rings. The fourth-order valence-corrected chi connectivity index (χ4v) is 4.26. The summed E-state index contributed by atoms with van der Waals surface area (Å²) in [4.78, 5) is 0. The Labute approximate surface area is 189 Å². The van der Waals surface area contributed by atoms with E-state index < -0.39 is 93.1 Å². The lowest BCUT2D eigenvalue weighted by molar-refractivity contribution is -0.372. The molecule has 33 heavy (non-hydrogen) atoms. The van der Waals surface area contributed by atoms with E-state index in [4.69, 9.17) is 23.7 Å². The van der Waals surface area contributed by atoms with Crippen LogP contribution in [0.3, 0.4) is 0 Å². The van der Waals surface area contributed by atoms with Gasteiger partial charge in [-0.3, -0.25) is 0 Å². The van der Waals surface area contributed by atoms with Crippen LogP contribution >= 0.6 is 0 Å². The third-order valence-electron chi connectivity index (χ3n) is 6.27. The molecule has 0 radical (unpaired) electrons. The normalized spacial score (nSPS) is 51.5. The van der Waals surface area contributed by atoms with Crippen LogP contribution in [0, 0.1) is 5.92 Å². The topological polar surface area (TPSA) is 228 Å². The first-order valence-corrected chi connectivity index (χ1v) is 10.8. The van der Waals surface area contributed by atoms with E-state index in [0.29, 0.717) is 6.42 Å². The predicted molar refractivity (Wildman–Crippen MR) is 103 cm³/mol. The maximum atomic E-state index is 10.7. The number of aliphatic hydroxyl groups is 9. The molecular formula is C19H34O14. The van der Waals surface area contributed by atoms with E-state index in [0.717, 1.165) is 0 Å². The number of ether oxygens (including phenoxy) is 5. The molecule has 0 bridgehead atoms. The maximum absolute atomic E-state index is 10.7. The van der Waals surface area contributed by atoms with Gasteiger partial charge in [0, 0.05) is 0 Å². The van der Waals surface area contributed by atoms with Crippen LogP contribution in [-0.2, 0) is 23.7 Å². The first kappa shape index (κ1) is 27.0. The zero-order chi connectivity index (χ0) is 24.4. The van der Waals surface area contributed by atoms with Crippen molar-refractivity contribution in [3.05, 3.63) is 0 Å². The van der Waals surface area contributed by atoms with Crippen LogP contribution in [0.15, 0.2) is 0 Å². The summed E-state index contributed by atoms with van der Waals surface area (Å²) in [5, 5.41) is 89.9. The van der Waals surface area contributed by atoms with Crippen molar-refractivity contribution < 1.29 is 69.6 Å². The molecule has 14 nitrogen and oxygen atoms in total. The number of rotatable bonds is 7. The number of aliphatic hydroxyl groups excluding tert-OH is 9. The largest absolute Gasteiger partial charge is 0.394 e. The average Bonchev–Trinajstić information content (AvgIpc) is 2.80. The van der Waals surface area contributed by atoms with Gasteiger partial charge in [0.05, 0.1) is 25.9 Å². The highest BCUT2D eigenvalue weighted by atomic mass is 16.7. The molecule has 3 aliphatic rings. The fourth-order valence-electron chi connectivity index (χ4n) is 4.26. The Morgan fingerprint density at radius 2 is 1.15 bits per heavy atom. The minimum Gasteiger partial charge on any atom is -0.394 e. The summed E-state index contributed by atoms with van der Waals surface area (Å²) in [6, 6.07) is 0. The summed E-state index contributed by atoms with van der Waals surface area (Å²) >= 11 is 0. The molecule has 0 aromatic heterocycles. The van der Waals surface area contributed by atoms with Crippen LogP contribution in [0.25, 0.3) is 0 Å². The number of hydrogen-bond donors (Lipinski definition) is 9. The van der Waals surface area contributed by atoms with Crippen molar-refractivity contribution in [2.45, 2.75) is 93.3 Å². The molecule has 9 N–H and O–H groups in total. The molecule has 0 aromatic rings. The van der Waals surface area contributed by atoms with Gasteiger partial charge in [-0.2, -0.15) is 0 Å². The highest BCUT2D eigenvalue weighted by Crippen LogP contribution is 2.33. The highest BCUT2D eigenvalue weighted by Gasteiger charge is 2.52. The molecule has 0 aromatic carbocycles. The van der Waals surface area contributed by atoms with Crippen LogP contribution in [0.5, 0.6) is 0 Å². The zero-order valence-corrected chi connectivity index (χ0v) is 18.0. The Morgan fingerprint density at radius 3 is 1.70 bits per heavy atom. The summed E-state index contributed by atoms with van der Waals surface area (Å²) in [5.41, 5.74) is 0. The van der Waals surface area contributed by atoms with Gasteiger partial charge in [0.15, 0.2) is 18.9 Å². The minimum absolute atomic E-state index is 0.305. The maximum Gasteiger partial charge on any atom is 0.187 e. The summed E-state index contributed by atoms with van der Waals surface area (Å²) in [5.74, 6) is -0.305. The Morgan fingerprint density at radius 1 is 0.636 bits per heavy atom. The first-order chi connectivity index (χ1) is 15.6. The molecule has 0 amide bonds. The van der Waals surface area contributed by atoms with E-state index in [-0.39, 0.29) is 12.5 Å². The minimum atomic E-state index is -1.79. The molecule has 194 valence electrons. The smallest absolute Gasteiger partial charge is 0.187 e. The van der Waals surface area contributed by atoms with E-state index in [1.54, 1.807) is 6.92 Å². The van der Waals surface area contributed by atoms with Gasteiger partial charge < -0.3 is 69.6 Å². The molecule has 3 heterocycles.